The molecule has 2 aromatic carbocycles. The molecule has 0 spiro atoms. The van der Waals surface area contributed by atoms with E-state index in [9.17, 15) is 10.1 Å². The number of amides is 1. The molecule has 1 saturated carbocycles. The predicted molar refractivity (Wildman–Crippen MR) is 125 cm³/mol. The summed E-state index contributed by atoms with van der Waals surface area (Å²) in [5, 5.41) is 12.8. The first-order valence-corrected chi connectivity index (χ1v) is 10.9. The molecular weight excluding hydrogens is 382 g/mol. The van der Waals surface area contributed by atoms with Gasteiger partial charge >= 0.3 is 0 Å². The van der Waals surface area contributed by atoms with Gasteiger partial charge in [-0.25, -0.2) is 0 Å². The number of benzene rings is 2. The highest BCUT2D eigenvalue weighted by Gasteiger charge is 2.20. The van der Waals surface area contributed by atoms with E-state index < -0.39 is 0 Å². The molecule has 1 aliphatic carbocycles. The molecule has 1 amide bonds. The van der Waals surface area contributed by atoms with Crippen LogP contribution in [0.3, 0.4) is 0 Å². The Balaban J connectivity index is 1.77. The molecule has 1 heterocycles. The van der Waals surface area contributed by atoms with Crippen molar-refractivity contribution in [1.82, 2.24) is 9.88 Å². The molecule has 1 N–H and O–H groups in total. The van der Waals surface area contributed by atoms with Crippen LogP contribution < -0.4 is 5.32 Å². The van der Waals surface area contributed by atoms with Gasteiger partial charge in [0.25, 0.3) is 5.91 Å². The molecule has 1 aliphatic rings. The van der Waals surface area contributed by atoms with Gasteiger partial charge in [-0.05, 0) is 49.6 Å². The topological polar surface area (TPSA) is 57.8 Å². The largest absolute Gasteiger partial charge is 0.349 e. The zero-order valence-electron chi connectivity index (χ0n) is 17.8. The normalized spacial score (nSPS) is 14.8. The van der Waals surface area contributed by atoms with Crippen molar-refractivity contribution in [1.29, 1.82) is 5.26 Å². The highest BCUT2D eigenvalue weighted by atomic mass is 16.1. The quantitative estimate of drug-likeness (QED) is 0.427. The summed E-state index contributed by atoms with van der Waals surface area (Å²) in [6.07, 6.45) is 7.20. The molecule has 4 heteroatoms. The third-order valence-electron chi connectivity index (χ3n) is 5.88. The number of nitriles is 1. The van der Waals surface area contributed by atoms with Crippen molar-refractivity contribution >= 4 is 12.0 Å². The van der Waals surface area contributed by atoms with Gasteiger partial charge in [0.05, 0.1) is 5.69 Å². The molecule has 3 aromatic rings. The van der Waals surface area contributed by atoms with E-state index in [1.807, 2.05) is 49.4 Å². The van der Waals surface area contributed by atoms with Crippen LogP contribution in [0.1, 0.15) is 43.4 Å². The first-order chi connectivity index (χ1) is 15.2. The second-order valence-electron chi connectivity index (χ2n) is 8.10. The van der Waals surface area contributed by atoms with Crippen LogP contribution in [0.2, 0.25) is 0 Å². The smallest absolute Gasteiger partial charge is 0.262 e. The Morgan fingerprint density at radius 3 is 2.32 bits per heavy atom. The number of hydrogen-bond acceptors (Lipinski definition) is 2. The minimum atomic E-state index is -0.279. The molecule has 31 heavy (non-hydrogen) atoms. The molecule has 0 saturated heterocycles. The van der Waals surface area contributed by atoms with Crippen LogP contribution >= 0.6 is 0 Å². The molecule has 1 aromatic heterocycles. The highest BCUT2D eigenvalue weighted by molar-refractivity contribution is 6.02. The number of aromatic nitrogens is 1. The average Bonchev–Trinajstić information content (AvgIpc) is 3.14. The summed E-state index contributed by atoms with van der Waals surface area (Å²) in [6, 6.07) is 24.6. The molecule has 0 atom stereocenters. The predicted octanol–water partition coefficient (Wildman–Crippen LogP) is 5.81. The van der Waals surface area contributed by atoms with Crippen molar-refractivity contribution in [2.45, 2.75) is 45.1 Å². The van der Waals surface area contributed by atoms with Crippen molar-refractivity contribution in [2.24, 2.45) is 0 Å². The second-order valence-corrected chi connectivity index (χ2v) is 8.10. The second kappa shape index (κ2) is 9.49. The lowest BCUT2D eigenvalue weighted by Gasteiger charge is -2.22. The zero-order valence-corrected chi connectivity index (χ0v) is 17.8. The Hall–Kier alpha value is -3.58. The molecule has 4 nitrogen and oxygen atoms in total. The minimum absolute atomic E-state index is 0.146. The number of para-hydroxylation sites is 1. The molecular formula is C27H27N3O. The fourth-order valence-corrected chi connectivity index (χ4v) is 4.39. The maximum absolute atomic E-state index is 12.8. The number of hydrogen-bond donors (Lipinski definition) is 1. The molecule has 1 fully saturated rings. The first-order valence-electron chi connectivity index (χ1n) is 10.9. The molecule has 0 unspecified atom stereocenters. The van der Waals surface area contributed by atoms with Gasteiger partial charge in [0.1, 0.15) is 11.6 Å². The average molecular weight is 410 g/mol. The Kier molecular flexibility index (Phi) is 6.33. The van der Waals surface area contributed by atoms with Gasteiger partial charge in [0.15, 0.2) is 0 Å². The summed E-state index contributed by atoms with van der Waals surface area (Å²) in [6.45, 7) is 2.05. The lowest BCUT2D eigenvalue weighted by Crippen LogP contribution is -2.36. The maximum atomic E-state index is 12.8. The van der Waals surface area contributed by atoms with Gasteiger partial charge in [-0.3, -0.25) is 4.79 Å². The van der Waals surface area contributed by atoms with E-state index in [2.05, 4.69) is 40.2 Å². The summed E-state index contributed by atoms with van der Waals surface area (Å²) in [5.74, 6) is -0.279. The van der Waals surface area contributed by atoms with Crippen molar-refractivity contribution in [3.05, 3.63) is 83.6 Å². The van der Waals surface area contributed by atoms with E-state index in [-0.39, 0.29) is 17.5 Å². The van der Waals surface area contributed by atoms with Crippen LogP contribution in [0, 0.1) is 18.3 Å². The van der Waals surface area contributed by atoms with Crippen molar-refractivity contribution in [2.75, 3.05) is 0 Å². The fraction of sp³-hybridized carbons (Fsp3) is 0.259. The third kappa shape index (κ3) is 4.62. The van der Waals surface area contributed by atoms with Gasteiger partial charge in [0.2, 0.25) is 0 Å². The van der Waals surface area contributed by atoms with E-state index in [0.717, 1.165) is 53.9 Å². The van der Waals surface area contributed by atoms with Crippen molar-refractivity contribution < 1.29 is 4.79 Å². The summed E-state index contributed by atoms with van der Waals surface area (Å²) in [5.41, 5.74) is 5.11. The SMILES string of the molecule is Cc1cc(/C=C(/C#N)C(=O)NC2CCCCC2)c(-c2ccccc2)n1-c1ccccc1. The molecule has 0 aliphatic heterocycles. The summed E-state index contributed by atoms with van der Waals surface area (Å²) >= 11 is 0. The standard InChI is InChI=1S/C27H27N3O/c1-20-17-22(18-23(19-28)27(31)29-24-13-7-3-8-14-24)26(21-11-5-2-6-12-21)30(20)25-15-9-4-10-16-25/h2,4-6,9-12,15-18,24H,3,7-8,13-14H2,1H3,(H,29,31)/b23-18-. The molecule has 156 valence electrons. The molecule has 0 bridgehead atoms. The first kappa shape index (κ1) is 20.7. The summed E-state index contributed by atoms with van der Waals surface area (Å²) < 4.78 is 2.18. The molecule has 0 radical (unpaired) electrons. The highest BCUT2D eigenvalue weighted by Crippen LogP contribution is 2.32. The summed E-state index contributed by atoms with van der Waals surface area (Å²) in [7, 11) is 0. The molecule has 4 rings (SSSR count). The van der Waals surface area contributed by atoms with E-state index in [4.69, 9.17) is 0 Å². The zero-order chi connectivity index (χ0) is 21.6. The van der Waals surface area contributed by atoms with Crippen LogP contribution in [0.25, 0.3) is 23.0 Å². The number of aryl methyl sites for hydroxylation is 1. The fourth-order valence-electron chi connectivity index (χ4n) is 4.39. The Morgan fingerprint density at radius 2 is 1.68 bits per heavy atom. The Bertz CT molecular complexity index is 1110. The van der Waals surface area contributed by atoms with Crippen LogP contribution in [-0.4, -0.2) is 16.5 Å². The van der Waals surface area contributed by atoms with Crippen LogP contribution in [0.5, 0.6) is 0 Å². The van der Waals surface area contributed by atoms with Crippen LogP contribution in [0.4, 0.5) is 0 Å². The number of carbonyl (C=O) groups is 1. The van der Waals surface area contributed by atoms with Gasteiger partial charge in [-0.1, -0.05) is 67.8 Å². The van der Waals surface area contributed by atoms with E-state index in [1.165, 1.54) is 6.42 Å². The third-order valence-corrected chi connectivity index (χ3v) is 5.88. The van der Waals surface area contributed by atoms with Gasteiger partial charge in [-0.15, -0.1) is 0 Å². The number of carbonyl (C=O) groups excluding carboxylic acids is 1. The van der Waals surface area contributed by atoms with Crippen LogP contribution in [0.15, 0.2) is 72.3 Å². The lowest BCUT2D eigenvalue weighted by molar-refractivity contribution is -0.117. The summed E-state index contributed by atoms with van der Waals surface area (Å²) in [4.78, 5) is 12.8. The Labute approximate surface area is 183 Å². The van der Waals surface area contributed by atoms with E-state index >= 15 is 0 Å². The van der Waals surface area contributed by atoms with Crippen LogP contribution in [-0.2, 0) is 4.79 Å². The number of rotatable bonds is 5. The minimum Gasteiger partial charge on any atom is -0.349 e. The van der Waals surface area contributed by atoms with Gasteiger partial charge in [-0.2, -0.15) is 5.26 Å². The maximum Gasteiger partial charge on any atom is 0.262 e. The monoisotopic (exact) mass is 409 g/mol. The van der Waals surface area contributed by atoms with E-state index in [1.54, 1.807) is 6.08 Å². The van der Waals surface area contributed by atoms with Gasteiger partial charge < -0.3 is 9.88 Å². The lowest BCUT2D eigenvalue weighted by atomic mass is 9.95. The number of nitrogens with zero attached hydrogens (tertiary/aromatic N) is 2. The van der Waals surface area contributed by atoms with E-state index in [0.29, 0.717) is 0 Å². The van der Waals surface area contributed by atoms with Gasteiger partial charge in [0, 0.05) is 23.0 Å². The number of nitrogens with one attached hydrogen (secondary N) is 1. The van der Waals surface area contributed by atoms with Crippen molar-refractivity contribution in [3.63, 3.8) is 0 Å². The Morgan fingerprint density at radius 1 is 1.03 bits per heavy atom. The van der Waals surface area contributed by atoms with Crippen molar-refractivity contribution in [3.8, 4) is 23.0 Å².